The van der Waals surface area contributed by atoms with Gasteiger partial charge in [0.25, 0.3) is 11.8 Å². The van der Waals surface area contributed by atoms with E-state index in [2.05, 4.69) is 11.4 Å². The van der Waals surface area contributed by atoms with Gasteiger partial charge in [-0.25, -0.2) is 14.1 Å². The molecule has 0 saturated carbocycles. The molecule has 0 spiro atoms. The minimum absolute atomic E-state index is 0.142. The number of nitriles is 1. The lowest BCUT2D eigenvalue weighted by Crippen LogP contribution is -2.54. The van der Waals surface area contributed by atoms with Crippen molar-refractivity contribution in [2.24, 2.45) is 0 Å². The van der Waals surface area contributed by atoms with E-state index in [-0.39, 0.29) is 11.3 Å². The Hall–Kier alpha value is -5.03. The van der Waals surface area contributed by atoms with E-state index in [1.165, 1.54) is 18.2 Å². The van der Waals surface area contributed by atoms with E-state index in [4.69, 9.17) is 0 Å². The first kappa shape index (κ1) is 21.8. The second-order valence-electron chi connectivity index (χ2n) is 7.93. The summed E-state index contributed by atoms with van der Waals surface area (Å²) in [4.78, 5) is 39.0. The zero-order valence-electron chi connectivity index (χ0n) is 18.2. The maximum atomic E-state index is 13.3. The second kappa shape index (κ2) is 8.72. The number of rotatable bonds is 4. The maximum Gasteiger partial charge on any atom is 0.335 e. The Balaban J connectivity index is 1.58. The quantitative estimate of drug-likeness (QED) is 0.358. The number of hydrogen-bond donors (Lipinski definition) is 1. The molecule has 2 heterocycles. The lowest BCUT2D eigenvalue weighted by Gasteiger charge is -2.26. The number of hydrogen-bond acceptors (Lipinski definition) is 4. The number of fused-ring (bicyclic) bond motifs is 1. The number of anilines is 1. The van der Waals surface area contributed by atoms with Crippen LogP contribution in [-0.2, 0) is 16.1 Å². The van der Waals surface area contributed by atoms with Gasteiger partial charge in [-0.1, -0.05) is 36.4 Å². The molecule has 0 radical (unpaired) electrons. The van der Waals surface area contributed by atoms with Crippen LogP contribution in [-0.4, -0.2) is 22.4 Å². The largest absolute Gasteiger partial charge is 0.342 e. The summed E-state index contributed by atoms with van der Waals surface area (Å²) in [7, 11) is 0. The smallest absolute Gasteiger partial charge is 0.335 e. The molecule has 5 rings (SSSR count). The van der Waals surface area contributed by atoms with E-state index in [0.717, 1.165) is 33.5 Å². The van der Waals surface area contributed by atoms with Gasteiger partial charge in [0.2, 0.25) is 0 Å². The van der Waals surface area contributed by atoms with Gasteiger partial charge in [-0.3, -0.25) is 14.9 Å². The molecule has 0 unspecified atom stereocenters. The summed E-state index contributed by atoms with van der Waals surface area (Å²) >= 11 is 0. The molecule has 3 aromatic carbocycles. The highest BCUT2D eigenvalue weighted by Crippen LogP contribution is 2.27. The minimum atomic E-state index is -0.903. The number of para-hydroxylation sites is 1. The number of imide groups is 2. The molecule has 4 aromatic rings. The van der Waals surface area contributed by atoms with Gasteiger partial charge in [-0.15, -0.1) is 0 Å². The van der Waals surface area contributed by atoms with Crippen LogP contribution < -0.4 is 10.2 Å². The summed E-state index contributed by atoms with van der Waals surface area (Å²) in [6.07, 6.45) is 3.24. The SMILES string of the molecule is N#Cc1ccccc1Cn1cc(/C=C2\C(=O)NC(=O)N(c3ccc(F)cc3)C2=O)c2ccccc21. The molecule has 0 aliphatic carbocycles. The Morgan fingerprint density at radius 3 is 2.43 bits per heavy atom. The van der Waals surface area contributed by atoms with E-state index >= 15 is 0 Å². The Labute approximate surface area is 199 Å². The zero-order valence-corrected chi connectivity index (χ0v) is 18.2. The first-order valence-electron chi connectivity index (χ1n) is 10.7. The Kier molecular flexibility index (Phi) is 5.43. The molecule has 1 aromatic heterocycles. The van der Waals surface area contributed by atoms with Crippen molar-refractivity contribution in [1.29, 1.82) is 5.26 Å². The summed E-state index contributed by atoms with van der Waals surface area (Å²) in [6.45, 7) is 0.410. The van der Waals surface area contributed by atoms with E-state index in [1.807, 2.05) is 41.0 Å². The normalized spacial score (nSPS) is 14.9. The Bertz CT molecular complexity index is 1580. The summed E-state index contributed by atoms with van der Waals surface area (Å²) < 4.78 is 15.3. The maximum absolute atomic E-state index is 13.3. The van der Waals surface area contributed by atoms with Crippen LogP contribution >= 0.6 is 0 Å². The first-order chi connectivity index (χ1) is 17.0. The van der Waals surface area contributed by atoms with Crippen molar-refractivity contribution in [3.63, 3.8) is 0 Å². The van der Waals surface area contributed by atoms with E-state index in [9.17, 15) is 24.0 Å². The molecule has 8 heteroatoms. The van der Waals surface area contributed by atoms with Crippen molar-refractivity contribution >= 4 is 40.5 Å². The number of carbonyl (C=O) groups excluding carboxylic acids is 3. The van der Waals surface area contributed by atoms with E-state index in [1.54, 1.807) is 18.3 Å². The summed E-state index contributed by atoms with van der Waals surface area (Å²) in [5, 5.41) is 12.4. The standard InChI is InChI=1S/C27H17FN4O3/c28-20-9-11-21(12-10-20)32-26(34)23(25(33)30-27(32)35)13-19-16-31(24-8-4-3-7-22(19)24)15-18-6-2-1-5-17(18)14-29/h1-13,16H,15H2,(H,30,33,35)/b23-13+. The molecule has 0 atom stereocenters. The molecule has 170 valence electrons. The molecule has 1 aliphatic rings. The predicted molar refractivity (Wildman–Crippen MR) is 128 cm³/mol. The number of nitrogens with zero attached hydrogens (tertiary/aromatic N) is 3. The molecule has 1 fully saturated rings. The summed E-state index contributed by atoms with van der Waals surface area (Å²) in [6, 6.07) is 20.9. The molecule has 1 saturated heterocycles. The highest BCUT2D eigenvalue weighted by atomic mass is 19.1. The molecule has 7 nitrogen and oxygen atoms in total. The van der Waals surface area contributed by atoms with Crippen LogP contribution in [0.25, 0.3) is 17.0 Å². The van der Waals surface area contributed by atoms with Gasteiger partial charge in [0.15, 0.2) is 0 Å². The van der Waals surface area contributed by atoms with Gasteiger partial charge in [-0.2, -0.15) is 5.26 Å². The molecule has 0 bridgehead atoms. The van der Waals surface area contributed by atoms with E-state index < -0.39 is 23.7 Å². The van der Waals surface area contributed by atoms with Crippen molar-refractivity contribution in [2.45, 2.75) is 6.54 Å². The molecular weight excluding hydrogens is 447 g/mol. The number of amides is 4. The lowest BCUT2D eigenvalue weighted by molar-refractivity contribution is -0.122. The van der Waals surface area contributed by atoms with Crippen LogP contribution in [0, 0.1) is 17.1 Å². The number of halogens is 1. The number of barbiturate groups is 1. The summed E-state index contributed by atoms with van der Waals surface area (Å²) in [5.74, 6) is -2.14. The molecule has 1 aliphatic heterocycles. The third-order valence-electron chi connectivity index (χ3n) is 5.78. The fourth-order valence-corrected chi connectivity index (χ4v) is 4.11. The topological polar surface area (TPSA) is 95.2 Å². The minimum Gasteiger partial charge on any atom is -0.342 e. The fraction of sp³-hybridized carbons (Fsp3) is 0.0370. The third kappa shape index (κ3) is 3.96. The van der Waals surface area contributed by atoms with Crippen LogP contribution in [0.4, 0.5) is 14.9 Å². The third-order valence-corrected chi connectivity index (χ3v) is 5.78. The Morgan fingerprint density at radius 2 is 1.66 bits per heavy atom. The zero-order chi connectivity index (χ0) is 24.5. The van der Waals surface area contributed by atoms with Crippen LogP contribution in [0.1, 0.15) is 16.7 Å². The van der Waals surface area contributed by atoms with Crippen molar-refractivity contribution in [3.05, 3.63) is 107 Å². The molecule has 35 heavy (non-hydrogen) atoms. The van der Waals surface area contributed by atoms with Gasteiger partial charge < -0.3 is 4.57 Å². The lowest BCUT2D eigenvalue weighted by atomic mass is 10.1. The highest BCUT2D eigenvalue weighted by Gasteiger charge is 2.37. The number of urea groups is 1. The number of nitrogens with one attached hydrogen (secondary N) is 1. The van der Waals surface area contributed by atoms with Crippen LogP contribution in [0.5, 0.6) is 0 Å². The average Bonchev–Trinajstić information content (AvgIpc) is 3.20. The first-order valence-corrected chi connectivity index (χ1v) is 10.7. The second-order valence-corrected chi connectivity index (χ2v) is 7.93. The fourth-order valence-electron chi connectivity index (χ4n) is 4.11. The van der Waals surface area contributed by atoms with Gasteiger partial charge in [0, 0.05) is 29.2 Å². The van der Waals surface area contributed by atoms with Crippen molar-refractivity contribution in [2.75, 3.05) is 4.90 Å². The Morgan fingerprint density at radius 1 is 0.943 bits per heavy atom. The number of aromatic nitrogens is 1. The average molecular weight is 464 g/mol. The molecule has 4 amide bonds. The van der Waals surface area contributed by atoms with Crippen molar-refractivity contribution in [3.8, 4) is 6.07 Å². The van der Waals surface area contributed by atoms with Gasteiger partial charge >= 0.3 is 6.03 Å². The van der Waals surface area contributed by atoms with Crippen LogP contribution in [0.3, 0.4) is 0 Å². The molecule has 1 N–H and O–H groups in total. The van der Waals surface area contributed by atoms with E-state index in [0.29, 0.717) is 17.7 Å². The van der Waals surface area contributed by atoms with Gasteiger partial charge in [-0.05, 0) is 48.0 Å². The monoisotopic (exact) mass is 464 g/mol. The van der Waals surface area contributed by atoms with Gasteiger partial charge in [0.1, 0.15) is 11.4 Å². The van der Waals surface area contributed by atoms with Crippen molar-refractivity contribution < 1.29 is 18.8 Å². The van der Waals surface area contributed by atoms with Gasteiger partial charge in [0.05, 0.1) is 17.3 Å². The molecular formula is C27H17FN4O3. The van der Waals surface area contributed by atoms with Crippen molar-refractivity contribution in [1.82, 2.24) is 9.88 Å². The number of benzene rings is 3. The van der Waals surface area contributed by atoms with Crippen LogP contribution in [0.2, 0.25) is 0 Å². The van der Waals surface area contributed by atoms with Crippen LogP contribution in [0.15, 0.2) is 84.6 Å². The number of carbonyl (C=O) groups is 3. The predicted octanol–water partition coefficient (Wildman–Crippen LogP) is 4.37. The highest BCUT2D eigenvalue weighted by molar-refractivity contribution is 6.39. The summed E-state index contributed by atoms with van der Waals surface area (Å²) in [5.41, 5.74) is 2.75.